The van der Waals surface area contributed by atoms with Crippen LogP contribution in [0.5, 0.6) is 0 Å². The number of amides is 1. The van der Waals surface area contributed by atoms with E-state index in [0.29, 0.717) is 35.8 Å². The van der Waals surface area contributed by atoms with E-state index in [2.05, 4.69) is 22.1 Å². The molecule has 0 spiro atoms. The molecule has 0 bridgehead atoms. The van der Waals surface area contributed by atoms with Gasteiger partial charge in [0.1, 0.15) is 5.82 Å². The van der Waals surface area contributed by atoms with E-state index in [1.54, 1.807) is 10.1 Å². The van der Waals surface area contributed by atoms with Crippen molar-refractivity contribution in [3.05, 3.63) is 57.6 Å². The Balaban J connectivity index is 1.79. The van der Waals surface area contributed by atoms with Crippen LogP contribution in [0.15, 0.2) is 40.6 Å². The number of nitrogens with two attached hydrogens (primary N) is 1. The van der Waals surface area contributed by atoms with E-state index in [0.717, 1.165) is 18.5 Å². The molecular weight excluding hydrogens is 388 g/mol. The molecule has 29 heavy (non-hydrogen) atoms. The molecule has 2 unspecified atom stereocenters. The fraction of sp³-hybridized carbons (Fsp3) is 0.400. The summed E-state index contributed by atoms with van der Waals surface area (Å²) in [6.45, 7) is 4.41. The first-order chi connectivity index (χ1) is 14.1. The van der Waals surface area contributed by atoms with Gasteiger partial charge in [-0.15, -0.1) is 11.3 Å². The highest BCUT2D eigenvalue weighted by Crippen LogP contribution is 2.26. The van der Waals surface area contributed by atoms with E-state index < -0.39 is 6.04 Å². The normalized spacial score (nSPS) is 18.7. The second-order valence-electron chi connectivity index (χ2n) is 7.18. The van der Waals surface area contributed by atoms with Crippen LogP contribution < -0.4 is 16.6 Å². The fourth-order valence-corrected chi connectivity index (χ4v) is 4.54. The molecule has 1 aliphatic heterocycles. The van der Waals surface area contributed by atoms with Gasteiger partial charge in [0.05, 0.1) is 24.1 Å². The van der Waals surface area contributed by atoms with E-state index in [-0.39, 0.29) is 17.5 Å². The van der Waals surface area contributed by atoms with E-state index in [1.807, 2.05) is 30.3 Å². The number of rotatable bonds is 6. The molecule has 1 aromatic carbocycles. The second kappa shape index (κ2) is 8.40. The number of nitrogens with zero attached hydrogens (tertiary/aromatic N) is 4. The minimum absolute atomic E-state index is 0.0955. The van der Waals surface area contributed by atoms with Crippen LogP contribution in [0.3, 0.4) is 0 Å². The smallest absolute Gasteiger partial charge is 0.281 e. The van der Waals surface area contributed by atoms with Crippen molar-refractivity contribution < 1.29 is 4.79 Å². The molecule has 3 aromatic rings. The van der Waals surface area contributed by atoms with Crippen LogP contribution in [0.2, 0.25) is 0 Å². The number of carbonyl (C=O) groups excluding carboxylic acids is 1. The Kier molecular flexibility index (Phi) is 5.70. The lowest BCUT2D eigenvalue weighted by atomic mass is 10.1. The summed E-state index contributed by atoms with van der Waals surface area (Å²) in [6.07, 6.45) is 0.761. The lowest BCUT2D eigenvalue weighted by molar-refractivity contribution is -0.121. The van der Waals surface area contributed by atoms with Gasteiger partial charge >= 0.3 is 0 Å². The Bertz CT molecular complexity index is 1060. The number of hydrogen-bond acceptors (Lipinski definition) is 7. The van der Waals surface area contributed by atoms with Crippen LogP contribution in [0.1, 0.15) is 30.8 Å². The van der Waals surface area contributed by atoms with Crippen molar-refractivity contribution in [2.24, 2.45) is 5.73 Å². The molecule has 1 aliphatic rings. The van der Waals surface area contributed by atoms with Gasteiger partial charge in [-0.1, -0.05) is 37.3 Å². The summed E-state index contributed by atoms with van der Waals surface area (Å²) in [5.74, 6) is 0.348. The number of aromatic nitrogens is 3. The maximum atomic E-state index is 13.3. The molecule has 3 heterocycles. The van der Waals surface area contributed by atoms with Gasteiger partial charge in [0.15, 0.2) is 10.3 Å². The number of fused-ring (bicyclic) bond motifs is 1. The predicted molar refractivity (Wildman–Crippen MR) is 113 cm³/mol. The molecule has 3 N–H and O–H groups in total. The first kappa shape index (κ1) is 19.7. The zero-order valence-electron chi connectivity index (χ0n) is 16.2. The molecular formula is C20H24N6O2S. The summed E-state index contributed by atoms with van der Waals surface area (Å²) in [7, 11) is 0. The minimum atomic E-state index is -0.403. The summed E-state index contributed by atoms with van der Waals surface area (Å²) >= 11 is 1.37. The molecule has 1 amide bonds. The maximum Gasteiger partial charge on any atom is 0.281 e. The monoisotopic (exact) mass is 412 g/mol. The van der Waals surface area contributed by atoms with Gasteiger partial charge in [-0.05, 0) is 12.0 Å². The number of nitrogens with one attached hydrogen (secondary N) is 1. The Labute approximate surface area is 172 Å². The molecule has 1 saturated heterocycles. The first-order valence-corrected chi connectivity index (χ1v) is 10.6. The standard InChI is InChI=1S/C20H24N6O2S/c1-2-15(25-9-8-22-14(11-25)17(21)27)18-24-19-16(23-12-29-19)20(28)26(18)10-13-6-4-3-5-7-13/h3-7,12,14-15,22H,2,8-11H2,1H3,(H2,21,27). The molecule has 2 aromatic heterocycles. The van der Waals surface area contributed by atoms with E-state index in [4.69, 9.17) is 10.7 Å². The number of piperazine rings is 1. The van der Waals surface area contributed by atoms with Crippen LogP contribution in [0.4, 0.5) is 0 Å². The van der Waals surface area contributed by atoms with Crippen molar-refractivity contribution >= 4 is 27.6 Å². The van der Waals surface area contributed by atoms with E-state index in [9.17, 15) is 9.59 Å². The molecule has 8 nitrogen and oxygen atoms in total. The molecule has 0 radical (unpaired) electrons. The average Bonchev–Trinajstić information content (AvgIpc) is 3.21. The summed E-state index contributed by atoms with van der Waals surface area (Å²) in [4.78, 5) is 36.9. The van der Waals surface area contributed by atoms with Gasteiger partial charge in [0.2, 0.25) is 5.91 Å². The zero-order chi connectivity index (χ0) is 20.4. The molecule has 152 valence electrons. The van der Waals surface area contributed by atoms with Crippen LogP contribution in [0.25, 0.3) is 10.3 Å². The predicted octanol–water partition coefficient (Wildman–Crippen LogP) is 1.11. The van der Waals surface area contributed by atoms with Gasteiger partial charge in [0.25, 0.3) is 5.56 Å². The molecule has 0 saturated carbocycles. The Morgan fingerprint density at radius 2 is 2.17 bits per heavy atom. The highest BCUT2D eigenvalue weighted by atomic mass is 32.1. The van der Waals surface area contributed by atoms with Crippen molar-refractivity contribution in [1.29, 1.82) is 0 Å². The Morgan fingerprint density at radius 1 is 1.38 bits per heavy atom. The van der Waals surface area contributed by atoms with Crippen LogP contribution in [-0.2, 0) is 11.3 Å². The molecule has 1 fully saturated rings. The van der Waals surface area contributed by atoms with Crippen molar-refractivity contribution in [3.63, 3.8) is 0 Å². The summed E-state index contributed by atoms with van der Waals surface area (Å²) in [5, 5.41) is 3.16. The highest BCUT2D eigenvalue weighted by molar-refractivity contribution is 7.16. The summed E-state index contributed by atoms with van der Waals surface area (Å²) in [6, 6.07) is 9.36. The third kappa shape index (κ3) is 3.93. The van der Waals surface area contributed by atoms with Gasteiger partial charge in [0, 0.05) is 19.6 Å². The quantitative estimate of drug-likeness (QED) is 0.628. The topological polar surface area (TPSA) is 106 Å². The van der Waals surface area contributed by atoms with Gasteiger partial charge in [-0.25, -0.2) is 9.97 Å². The van der Waals surface area contributed by atoms with Crippen LogP contribution in [0, 0.1) is 0 Å². The Hall–Kier alpha value is -2.62. The van der Waals surface area contributed by atoms with Crippen molar-refractivity contribution in [3.8, 4) is 0 Å². The fourth-order valence-electron chi connectivity index (χ4n) is 3.89. The average molecular weight is 413 g/mol. The van der Waals surface area contributed by atoms with Gasteiger partial charge in [-0.2, -0.15) is 0 Å². The second-order valence-corrected chi connectivity index (χ2v) is 8.01. The number of thiazole rings is 1. The van der Waals surface area contributed by atoms with Crippen molar-refractivity contribution in [2.75, 3.05) is 19.6 Å². The highest BCUT2D eigenvalue weighted by Gasteiger charge is 2.31. The number of hydrogen-bond donors (Lipinski definition) is 2. The van der Waals surface area contributed by atoms with Crippen molar-refractivity contribution in [1.82, 2.24) is 24.8 Å². The van der Waals surface area contributed by atoms with Crippen LogP contribution in [-0.4, -0.2) is 51.0 Å². The zero-order valence-corrected chi connectivity index (χ0v) is 17.1. The molecule has 0 aliphatic carbocycles. The third-order valence-corrected chi connectivity index (χ3v) is 6.07. The minimum Gasteiger partial charge on any atom is -0.368 e. The largest absolute Gasteiger partial charge is 0.368 e. The lowest BCUT2D eigenvalue weighted by Crippen LogP contribution is -2.57. The first-order valence-electron chi connectivity index (χ1n) is 9.73. The molecule has 4 rings (SSSR count). The Morgan fingerprint density at radius 3 is 2.90 bits per heavy atom. The molecule has 9 heteroatoms. The van der Waals surface area contributed by atoms with Gasteiger partial charge in [-0.3, -0.25) is 19.1 Å². The van der Waals surface area contributed by atoms with Crippen LogP contribution >= 0.6 is 11.3 Å². The summed E-state index contributed by atoms with van der Waals surface area (Å²) < 4.78 is 1.73. The SMILES string of the molecule is CCC(c1nc2scnc2c(=O)n1Cc1ccccc1)N1CCNC(C(N)=O)C1. The number of primary amides is 1. The maximum absolute atomic E-state index is 13.3. The van der Waals surface area contributed by atoms with Gasteiger partial charge < -0.3 is 11.1 Å². The van der Waals surface area contributed by atoms with Crippen molar-refractivity contribution in [2.45, 2.75) is 32.0 Å². The molecule has 2 atom stereocenters. The van der Waals surface area contributed by atoms with E-state index in [1.165, 1.54) is 11.3 Å². The number of benzene rings is 1. The van der Waals surface area contributed by atoms with E-state index >= 15 is 0 Å². The summed E-state index contributed by atoms with van der Waals surface area (Å²) in [5.41, 5.74) is 8.48. The number of carbonyl (C=O) groups is 1. The third-order valence-electron chi connectivity index (χ3n) is 5.35. The lowest BCUT2D eigenvalue weighted by Gasteiger charge is -2.37.